The summed E-state index contributed by atoms with van der Waals surface area (Å²) < 4.78 is 0. The summed E-state index contributed by atoms with van der Waals surface area (Å²) >= 11 is 1.41. The van der Waals surface area contributed by atoms with E-state index < -0.39 is 0 Å². The first-order chi connectivity index (χ1) is 8.70. The van der Waals surface area contributed by atoms with Crippen LogP contribution in [0.25, 0.3) is 0 Å². The van der Waals surface area contributed by atoms with Crippen molar-refractivity contribution in [3.05, 3.63) is 46.2 Å². The van der Waals surface area contributed by atoms with Crippen molar-refractivity contribution >= 4 is 17.2 Å². The van der Waals surface area contributed by atoms with E-state index in [4.69, 9.17) is 5.73 Å². The number of carbonyl (C=O) groups is 1. The van der Waals surface area contributed by atoms with Crippen molar-refractivity contribution in [1.82, 2.24) is 14.9 Å². The number of pyridine rings is 1. The molecule has 0 aromatic carbocycles. The molecule has 0 spiro atoms. The van der Waals surface area contributed by atoms with Gasteiger partial charge < -0.3 is 10.6 Å². The lowest BCUT2D eigenvalue weighted by Gasteiger charge is -2.15. The number of hydrogen-bond acceptors (Lipinski definition) is 5. The predicted molar refractivity (Wildman–Crippen MR) is 70.0 cm³/mol. The maximum absolute atomic E-state index is 12.1. The van der Waals surface area contributed by atoms with Crippen LogP contribution >= 0.6 is 11.3 Å². The van der Waals surface area contributed by atoms with Gasteiger partial charge in [0, 0.05) is 37.9 Å². The van der Waals surface area contributed by atoms with Gasteiger partial charge in [-0.3, -0.25) is 9.78 Å². The first-order valence-corrected chi connectivity index (χ1v) is 6.37. The van der Waals surface area contributed by atoms with Crippen LogP contribution in [0.4, 0.5) is 0 Å². The zero-order valence-electron chi connectivity index (χ0n) is 10.0. The molecule has 2 N–H and O–H groups in total. The van der Waals surface area contributed by atoms with E-state index in [1.807, 2.05) is 12.1 Å². The van der Waals surface area contributed by atoms with Crippen LogP contribution in [0.3, 0.4) is 0 Å². The molecule has 0 saturated carbocycles. The normalized spacial score (nSPS) is 10.3. The molecule has 0 fully saturated rings. The molecule has 0 bridgehead atoms. The molecule has 2 aromatic heterocycles. The summed E-state index contributed by atoms with van der Waals surface area (Å²) in [4.78, 5) is 21.9. The molecular weight excluding hydrogens is 248 g/mol. The molecule has 5 nitrogen and oxygen atoms in total. The lowest BCUT2D eigenvalue weighted by molar-refractivity contribution is 0.0780. The summed E-state index contributed by atoms with van der Waals surface area (Å²) in [6.45, 7) is 0.881. The summed E-state index contributed by atoms with van der Waals surface area (Å²) in [7, 11) is 1.75. The molecule has 0 radical (unpaired) electrons. The molecule has 2 rings (SSSR count). The third-order valence-electron chi connectivity index (χ3n) is 2.43. The topological polar surface area (TPSA) is 72.1 Å². The highest BCUT2D eigenvalue weighted by Crippen LogP contribution is 2.12. The Morgan fingerprint density at radius 2 is 2.39 bits per heavy atom. The van der Waals surface area contributed by atoms with Crippen molar-refractivity contribution in [2.45, 2.75) is 13.1 Å². The monoisotopic (exact) mass is 262 g/mol. The molecule has 0 aliphatic rings. The lowest BCUT2D eigenvalue weighted by atomic mass is 10.2. The largest absolute Gasteiger partial charge is 0.336 e. The number of carbonyl (C=O) groups excluding carboxylic acids is 1. The van der Waals surface area contributed by atoms with Gasteiger partial charge in [0.25, 0.3) is 5.91 Å². The van der Waals surface area contributed by atoms with E-state index >= 15 is 0 Å². The minimum atomic E-state index is -0.102. The fraction of sp³-hybridized carbons (Fsp3) is 0.250. The van der Waals surface area contributed by atoms with Crippen LogP contribution in [-0.4, -0.2) is 27.8 Å². The molecule has 2 heterocycles. The summed E-state index contributed by atoms with van der Waals surface area (Å²) in [5.74, 6) is -0.102. The zero-order valence-corrected chi connectivity index (χ0v) is 10.9. The van der Waals surface area contributed by atoms with Crippen molar-refractivity contribution in [3.63, 3.8) is 0 Å². The van der Waals surface area contributed by atoms with Crippen LogP contribution in [0, 0.1) is 0 Å². The highest BCUT2D eigenvalue weighted by atomic mass is 32.1. The maximum atomic E-state index is 12.1. The Hall–Kier alpha value is -1.79. The number of hydrogen-bond donors (Lipinski definition) is 1. The smallest absolute Gasteiger partial charge is 0.273 e. The fourth-order valence-electron chi connectivity index (χ4n) is 1.54. The van der Waals surface area contributed by atoms with Crippen LogP contribution in [0.1, 0.15) is 21.1 Å². The van der Waals surface area contributed by atoms with Crippen LogP contribution in [-0.2, 0) is 13.1 Å². The third-order valence-corrected chi connectivity index (χ3v) is 3.31. The van der Waals surface area contributed by atoms with E-state index in [1.165, 1.54) is 11.3 Å². The summed E-state index contributed by atoms with van der Waals surface area (Å²) in [6, 6.07) is 3.78. The summed E-state index contributed by atoms with van der Waals surface area (Å²) in [5.41, 5.74) is 6.92. The van der Waals surface area contributed by atoms with Gasteiger partial charge in [-0.1, -0.05) is 6.07 Å². The number of nitrogens with zero attached hydrogens (tertiary/aromatic N) is 3. The molecule has 18 heavy (non-hydrogen) atoms. The van der Waals surface area contributed by atoms with E-state index in [-0.39, 0.29) is 5.91 Å². The number of thiazole rings is 1. The summed E-state index contributed by atoms with van der Waals surface area (Å²) in [5, 5.41) is 2.51. The molecule has 94 valence electrons. The van der Waals surface area contributed by atoms with E-state index in [0.29, 0.717) is 18.8 Å². The van der Waals surface area contributed by atoms with Crippen molar-refractivity contribution in [1.29, 1.82) is 0 Å². The van der Waals surface area contributed by atoms with E-state index in [1.54, 1.807) is 29.7 Å². The molecule has 0 atom stereocenters. The van der Waals surface area contributed by atoms with Crippen LogP contribution < -0.4 is 5.73 Å². The highest BCUT2D eigenvalue weighted by Gasteiger charge is 2.15. The van der Waals surface area contributed by atoms with Gasteiger partial charge in [0.1, 0.15) is 10.7 Å². The second-order valence-electron chi connectivity index (χ2n) is 3.85. The van der Waals surface area contributed by atoms with Crippen molar-refractivity contribution in [2.75, 3.05) is 7.05 Å². The molecule has 6 heteroatoms. The quantitative estimate of drug-likeness (QED) is 0.900. The standard InChI is InChI=1S/C12H14N4OS/c1-16(7-9-3-2-4-14-6-9)12(17)10-8-18-11(5-13)15-10/h2-4,6,8H,5,7,13H2,1H3. The molecule has 0 aliphatic heterocycles. The van der Waals surface area contributed by atoms with Gasteiger partial charge >= 0.3 is 0 Å². The van der Waals surface area contributed by atoms with Gasteiger partial charge in [-0.15, -0.1) is 11.3 Å². The SMILES string of the molecule is CN(Cc1cccnc1)C(=O)c1csc(CN)n1. The Morgan fingerprint density at radius 3 is 3.00 bits per heavy atom. The average molecular weight is 262 g/mol. The molecule has 0 aliphatic carbocycles. The Morgan fingerprint density at radius 1 is 1.56 bits per heavy atom. The fourth-order valence-corrected chi connectivity index (χ4v) is 2.18. The maximum Gasteiger partial charge on any atom is 0.273 e. The molecular formula is C12H14N4OS. The molecule has 0 saturated heterocycles. The van der Waals surface area contributed by atoms with Gasteiger partial charge in [0.05, 0.1) is 0 Å². The van der Waals surface area contributed by atoms with Crippen LogP contribution in [0.2, 0.25) is 0 Å². The second-order valence-corrected chi connectivity index (χ2v) is 4.80. The van der Waals surface area contributed by atoms with Gasteiger partial charge in [0.2, 0.25) is 0 Å². The summed E-state index contributed by atoms with van der Waals surface area (Å²) in [6.07, 6.45) is 3.45. The Balaban J connectivity index is 2.05. The van der Waals surface area contributed by atoms with Crippen molar-refractivity contribution in [2.24, 2.45) is 5.73 Å². The Bertz CT molecular complexity index is 526. The van der Waals surface area contributed by atoms with Gasteiger partial charge in [-0.25, -0.2) is 4.98 Å². The first-order valence-electron chi connectivity index (χ1n) is 5.49. The molecule has 1 amide bonds. The van der Waals surface area contributed by atoms with Crippen molar-refractivity contribution in [3.8, 4) is 0 Å². The molecule has 2 aromatic rings. The Kier molecular flexibility index (Phi) is 4.01. The Labute approximate surface area is 109 Å². The zero-order chi connectivity index (χ0) is 13.0. The van der Waals surface area contributed by atoms with Gasteiger partial charge in [-0.05, 0) is 11.6 Å². The van der Waals surface area contributed by atoms with E-state index in [9.17, 15) is 4.79 Å². The van der Waals surface area contributed by atoms with Crippen LogP contribution in [0.5, 0.6) is 0 Å². The second kappa shape index (κ2) is 5.70. The predicted octanol–water partition coefficient (Wildman–Crippen LogP) is 1.27. The number of amides is 1. The van der Waals surface area contributed by atoms with Crippen molar-refractivity contribution < 1.29 is 4.79 Å². The molecule has 0 unspecified atom stereocenters. The van der Waals surface area contributed by atoms with E-state index in [0.717, 1.165) is 10.6 Å². The average Bonchev–Trinajstić information content (AvgIpc) is 2.87. The minimum absolute atomic E-state index is 0.102. The first kappa shape index (κ1) is 12.7. The van der Waals surface area contributed by atoms with Gasteiger partial charge in [0.15, 0.2) is 0 Å². The minimum Gasteiger partial charge on any atom is -0.336 e. The number of nitrogens with two attached hydrogens (primary N) is 1. The highest BCUT2D eigenvalue weighted by molar-refractivity contribution is 7.09. The van der Waals surface area contributed by atoms with Crippen LogP contribution in [0.15, 0.2) is 29.9 Å². The number of rotatable bonds is 4. The lowest BCUT2D eigenvalue weighted by Crippen LogP contribution is -2.26. The van der Waals surface area contributed by atoms with Gasteiger partial charge in [-0.2, -0.15) is 0 Å². The van der Waals surface area contributed by atoms with E-state index in [2.05, 4.69) is 9.97 Å². The third kappa shape index (κ3) is 2.91. The number of aromatic nitrogens is 2.